The van der Waals surface area contributed by atoms with Crippen molar-refractivity contribution in [3.05, 3.63) is 35.6 Å². The molecule has 7 nitrogen and oxygen atoms in total. The Balaban J connectivity index is 2.09. The summed E-state index contributed by atoms with van der Waals surface area (Å²) in [5, 5.41) is 0. The summed E-state index contributed by atoms with van der Waals surface area (Å²) in [6.45, 7) is 3.13. The molecule has 0 aliphatic carbocycles. The third-order valence-corrected chi connectivity index (χ3v) is 4.55. The lowest BCUT2D eigenvalue weighted by molar-refractivity contribution is -0.140. The van der Waals surface area contributed by atoms with E-state index >= 15 is 0 Å². The molecule has 0 saturated carbocycles. The number of esters is 1. The van der Waals surface area contributed by atoms with Gasteiger partial charge < -0.3 is 19.3 Å². The van der Waals surface area contributed by atoms with Gasteiger partial charge in [0, 0.05) is 31.2 Å². The van der Waals surface area contributed by atoms with E-state index in [2.05, 4.69) is 4.74 Å². The van der Waals surface area contributed by atoms with Gasteiger partial charge in [-0.3, -0.25) is 9.59 Å². The number of carbonyl (C=O) groups excluding carboxylic acids is 3. The molecule has 27 heavy (non-hydrogen) atoms. The van der Waals surface area contributed by atoms with E-state index in [-0.39, 0.29) is 36.6 Å². The topological polar surface area (TPSA) is 76.2 Å². The molecule has 0 aromatic heterocycles. The van der Waals surface area contributed by atoms with E-state index in [0.29, 0.717) is 32.5 Å². The third kappa shape index (κ3) is 5.67. The van der Waals surface area contributed by atoms with Gasteiger partial charge >= 0.3 is 12.1 Å². The number of hydrogen-bond donors (Lipinski definition) is 0. The molecule has 1 heterocycles. The van der Waals surface area contributed by atoms with Gasteiger partial charge in [-0.15, -0.1) is 0 Å². The lowest BCUT2D eigenvalue weighted by Gasteiger charge is -2.38. The van der Waals surface area contributed by atoms with E-state index < -0.39 is 11.8 Å². The summed E-state index contributed by atoms with van der Waals surface area (Å²) in [6.07, 6.45) is 0.797. The lowest BCUT2D eigenvalue weighted by atomic mass is 10.0. The number of nitrogens with zero attached hydrogens (tertiary/aromatic N) is 2. The van der Waals surface area contributed by atoms with Crippen LogP contribution in [-0.4, -0.2) is 67.2 Å². The lowest BCUT2D eigenvalue weighted by Crippen LogP contribution is -2.49. The van der Waals surface area contributed by atoms with E-state index in [9.17, 15) is 18.8 Å². The second-order valence-electron chi connectivity index (χ2n) is 6.25. The number of benzene rings is 1. The molecule has 1 aromatic rings. The van der Waals surface area contributed by atoms with Crippen molar-refractivity contribution in [1.29, 1.82) is 0 Å². The molecular formula is C19H25FN2O5. The zero-order valence-corrected chi connectivity index (χ0v) is 15.7. The Hall–Kier alpha value is -2.64. The number of piperidine rings is 1. The molecule has 8 heteroatoms. The van der Waals surface area contributed by atoms with Crippen LogP contribution in [0.5, 0.6) is 0 Å². The summed E-state index contributed by atoms with van der Waals surface area (Å²) in [7, 11) is 1.29. The van der Waals surface area contributed by atoms with Gasteiger partial charge in [-0.1, -0.05) is 6.07 Å². The van der Waals surface area contributed by atoms with Crippen LogP contribution in [-0.2, 0) is 14.3 Å². The van der Waals surface area contributed by atoms with Crippen molar-refractivity contribution in [1.82, 2.24) is 9.80 Å². The Morgan fingerprint density at radius 2 is 1.96 bits per heavy atom. The molecule has 1 aromatic carbocycles. The Labute approximate surface area is 158 Å². The number of methoxy groups -OCH3 is 1. The number of hydrogen-bond acceptors (Lipinski definition) is 5. The van der Waals surface area contributed by atoms with Crippen molar-refractivity contribution in [2.75, 3.05) is 33.4 Å². The SMILES string of the molecule is CCOC(=O)N1CCC(N(CCC(=O)OC)C(=O)c2cccc(F)c2)CC1. The van der Waals surface area contributed by atoms with Gasteiger partial charge in [0.1, 0.15) is 5.82 Å². The first-order valence-electron chi connectivity index (χ1n) is 9.01. The highest BCUT2D eigenvalue weighted by molar-refractivity contribution is 5.94. The first-order chi connectivity index (χ1) is 13.0. The Morgan fingerprint density at radius 3 is 2.56 bits per heavy atom. The predicted molar refractivity (Wildman–Crippen MR) is 95.7 cm³/mol. The summed E-state index contributed by atoms with van der Waals surface area (Å²) >= 11 is 0. The number of likely N-dealkylation sites (tertiary alicyclic amines) is 1. The van der Waals surface area contributed by atoms with E-state index in [0.717, 1.165) is 0 Å². The van der Waals surface area contributed by atoms with Crippen LogP contribution < -0.4 is 0 Å². The van der Waals surface area contributed by atoms with Crippen molar-refractivity contribution in [2.24, 2.45) is 0 Å². The van der Waals surface area contributed by atoms with Crippen LogP contribution >= 0.6 is 0 Å². The molecule has 0 spiro atoms. The highest BCUT2D eigenvalue weighted by Gasteiger charge is 2.31. The van der Waals surface area contributed by atoms with Gasteiger partial charge in [-0.05, 0) is 38.0 Å². The number of carbonyl (C=O) groups is 3. The third-order valence-electron chi connectivity index (χ3n) is 4.55. The average Bonchev–Trinajstić information content (AvgIpc) is 2.68. The van der Waals surface area contributed by atoms with Gasteiger partial charge in [0.15, 0.2) is 0 Å². The molecule has 2 rings (SSSR count). The van der Waals surface area contributed by atoms with Gasteiger partial charge in [-0.25, -0.2) is 9.18 Å². The predicted octanol–water partition coefficient (Wildman–Crippen LogP) is 2.45. The number of amides is 2. The molecule has 0 radical (unpaired) electrons. The number of ether oxygens (including phenoxy) is 2. The summed E-state index contributed by atoms with van der Waals surface area (Å²) in [4.78, 5) is 39.5. The Bertz CT molecular complexity index is 674. The van der Waals surface area contributed by atoms with E-state index in [1.54, 1.807) is 22.8 Å². The molecule has 148 valence electrons. The molecule has 0 bridgehead atoms. The van der Waals surface area contributed by atoms with Crippen LogP contribution in [0.1, 0.15) is 36.5 Å². The molecular weight excluding hydrogens is 355 g/mol. The molecule has 1 aliphatic heterocycles. The highest BCUT2D eigenvalue weighted by Crippen LogP contribution is 2.20. The Morgan fingerprint density at radius 1 is 1.26 bits per heavy atom. The first-order valence-corrected chi connectivity index (χ1v) is 9.01. The van der Waals surface area contributed by atoms with Crippen molar-refractivity contribution >= 4 is 18.0 Å². The van der Waals surface area contributed by atoms with Gasteiger partial charge in [0.2, 0.25) is 0 Å². The van der Waals surface area contributed by atoms with Gasteiger partial charge in [0.05, 0.1) is 20.1 Å². The largest absolute Gasteiger partial charge is 0.469 e. The second kappa shape index (κ2) is 9.89. The van der Waals surface area contributed by atoms with Crippen molar-refractivity contribution in [3.8, 4) is 0 Å². The summed E-state index contributed by atoms with van der Waals surface area (Å²) < 4.78 is 23.2. The number of halogens is 1. The van der Waals surface area contributed by atoms with E-state index in [1.807, 2.05) is 0 Å². The standard InChI is InChI=1S/C19H25FN2O5/c1-3-27-19(25)21-10-7-16(8-11-21)22(12-9-17(23)26-2)18(24)14-5-4-6-15(20)13-14/h4-6,13,16H,3,7-12H2,1-2H3. The minimum atomic E-state index is -0.495. The zero-order valence-electron chi connectivity index (χ0n) is 15.7. The molecule has 0 N–H and O–H groups in total. The van der Waals surface area contributed by atoms with Crippen LogP contribution in [0.2, 0.25) is 0 Å². The molecule has 0 unspecified atom stereocenters. The Kier molecular flexibility index (Phi) is 7.57. The van der Waals surface area contributed by atoms with Crippen LogP contribution in [0.25, 0.3) is 0 Å². The fourth-order valence-corrected chi connectivity index (χ4v) is 3.13. The molecule has 0 atom stereocenters. The summed E-state index contributed by atoms with van der Waals surface area (Å²) in [5.41, 5.74) is 0.229. The van der Waals surface area contributed by atoms with Crippen molar-refractivity contribution < 1.29 is 28.2 Å². The first kappa shape index (κ1) is 20.7. The van der Waals surface area contributed by atoms with Crippen molar-refractivity contribution in [2.45, 2.75) is 32.2 Å². The molecule has 1 fully saturated rings. The van der Waals surface area contributed by atoms with Gasteiger partial charge in [0.25, 0.3) is 5.91 Å². The zero-order chi connectivity index (χ0) is 19.8. The molecule has 1 saturated heterocycles. The van der Waals surface area contributed by atoms with Crippen LogP contribution in [0.4, 0.5) is 9.18 Å². The second-order valence-corrected chi connectivity index (χ2v) is 6.25. The van der Waals surface area contributed by atoms with Crippen LogP contribution in [0, 0.1) is 5.82 Å². The minimum absolute atomic E-state index is 0.0512. The normalized spacial score (nSPS) is 14.6. The maximum Gasteiger partial charge on any atom is 0.409 e. The molecule has 1 aliphatic rings. The molecule has 2 amide bonds. The number of rotatable bonds is 6. The fraction of sp³-hybridized carbons (Fsp3) is 0.526. The summed E-state index contributed by atoms with van der Waals surface area (Å²) in [6, 6.07) is 5.32. The minimum Gasteiger partial charge on any atom is -0.469 e. The average molecular weight is 380 g/mol. The van der Waals surface area contributed by atoms with E-state index in [1.165, 1.54) is 25.3 Å². The van der Waals surface area contributed by atoms with Crippen molar-refractivity contribution in [3.63, 3.8) is 0 Å². The van der Waals surface area contributed by atoms with E-state index in [4.69, 9.17) is 4.74 Å². The maximum atomic E-state index is 13.5. The quantitative estimate of drug-likeness (QED) is 0.709. The fourth-order valence-electron chi connectivity index (χ4n) is 3.13. The summed E-state index contributed by atoms with van der Waals surface area (Å²) in [5.74, 6) is -1.25. The van der Waals surface area contributed by atoms with Crippen LogP contribution in [0.3, 0.4) is 0 Å². The van der Waals surface area contributed by atoms with Crippen LogP contribution in [0.15, 0.2) is 24.3 Å². The van der Waals surface area contributed by atoms with Gasteiger partial charge in [-0.2, -0.15) is 0 Å². The monoisotopic (exact) mass is 380 g/mol. The smallest absolute Gasteiger partial charge is 0.409 e. The highest BCUT2D eigenvalue weighted by atomic mass is 19.1. The maximum absolute atomic E-state index is 13.5.